The molecule has 192 valence electrons. The Kier molecular flexibility index (Phi) is 6.28. The lowest BCUT2D eigenvalue weighted by Gasteiger charge is -2.43. The van der Waals surface area contributed by atoms with E-state index in [1.807, 2.05) is 24.3 Å². The maximum atomic E-state index is 13.6. The number of carboxylic acids is 1. The summed E-state index contributed by atoms with van der Waals surface area (Å²) in [5, 5.41) is 13.5. The third-order valence-corrected chi connectivity index (χ3v) is 9.02. The summed E-state index contributed by atoms with van der Waals surface area (Å²) in [6.07, 6.45) is 5.71. The van der Waals surface area contributed by atoms with Crippen molar-refractivity contribution in [2.45, 2.75) is 55.9 Å². The number of nitrogens with zero attached hydrogens (tertiary/aromatic N) is 1. The van der Waals surface area contributed by atoms with Gasteiger partial charge in [0.05, 0.1) is 5.41 Å². The predicted octanol–water partition coefficient (Wildman–Crippen LogP) is 5.92. The smallest absolute Gasteiger partial charge is 0.314 e. The molecule has 1 aliphatic heterocycles. The van der Waals surface area contributed by atoms with Crippen molar-refractivity contribution in [1.82, 2.24) is 5.32 Å². The zero-order chi connectivity index (χ0) is 25.5. The van der Waals surface area contributed by atoms with Crippen LogP contribution in [0.3, 0.4) is 0 Å². The van der Waals surface area contributed by atoms with Crippen molar-refractivity contribution in [1.29, 1.82) is 0 Å². The van der Waals surface area contributed by atoms with Crippen LogP contribution in [0.15, 0.2) is 78.9 Å². The van der Waals surface area contributed by atoms with Crippen molar-refractivity contribution in [2.24, 2.45) is 5.41 Å². The number of benzene rings is 3. The zero-order valence-electron chi connectivity index (χ0n) is 21.2. The minimum absolute atomic E-state index is 0.124. The molecule has 3 aromatic carbocycles. The first-order valence-electron chi connectivity index (χ1n) is 13.6. The Morgan fingerprint density at radius 2 is 1.59 bits per heavy atom. The van der Waals surface area contributed by atoms with Crippen molar-refractivity contribution < 1.29 is 14.3 Å². The fourth-order valence-electron chi connectivity index (χ4n) is 6.27. The highest BCUT2D eigenvalue weighted by molar-refractivity contribution is 5.85. The fraction of sp³-hybridized carbons (Fsp3) is 0.406. The number of carboxylic acid groups (broad SMARTS) is 1. The predicted molar refractivity (Wildman–Crippen MR) is 145 cm³/mol. The molecule has 3 fully saturated rings. The number of hydrogen-bond acceptors (Lipinski definition) is 3. The van der Waals surface area contributed by atoms with Gasteiger partial charge < -0.3 is 15.3 Å². The van der Waals surface area contributed by atoms with Gasteiger partial charge in [-0.1, -0.05) is 54.6 Å². The Morgan fingerprint density at radius 1 is 0.919 bits per heavy atom. The number of anilines is 1. The molecule has 3 aliphatic rings. The lowest BCUT2D eigenvalue weighted by atomic mass is 9.73. The Morgan fingerprint density at radius 3 is 2.22 bits per heavy atom. The first-order valence-corrected chi connectivity index (χ1v) is 13.6. The molecule has 1 saturated heterocycles. The SMILES string of the molecule is O=C(O)C1(c2ccc(N3CCC(CN[C@@H]4CC4c4ccccc4)(Cc4ccc(F)cc4)CC3)cc2)CC1. The van der Waals surface area contributed by atoms with Crippen LogP contribution in [0.1, 0.15) is 54.7 Å². The quantitative estimate of drug-likeness (QED) is 0.385. The van der Waals surface area contributed by atoms with E-state index >= 15 is 0 Å². The van der Waals surface area contributed by atoms with Gasteiger partial charge in [-0.25, -0.2) is 4.39 Å². The summed E-state index contributed by atoms with van der Waals surface area (Å²) >= 11 is 0. The summed E-state index contributed by atoms with van der Waals surface area (Å²) in [4.78, 5) is 14.1. The van der Waals surface area contributed by atoms with Crippen LogP contribution < -0.4 is 10.2 Å². The molecule has 0 amide bonds. The van der Waals surface area contributed by atoms with Gasteiger partial charge in [-0.05, 0) is 84.9 Å². The lowest BCUT2D eigenvalue weighted by Crippen LogP contribution is -2.47. The van der Waals surface area contributed by atoms with Crippen molar-refractivity contribution in [3.05, 3.63) is 101 Å². The fourth-order valence-corrected chi connectivity index (χ4v) is 6.27. The lowest BCUT2D eigenvalue weighted by molar-refractivity contribution is -0.140. The van der Waals surface area contributed by atoms with E-state index in [2.05, 4.69) is 52.7 Å². The second-order valence-corrected chi connectivity index (χ2v) is 11.5. The van der Waals surface area contributed by atoms with Crippen LogP contribution >= 0.6 is 0 Å². The summed E-state index contributed by atoms with van der Waals surface area (Å²) in [7, 11) is 0. The standard InChI is InChI=1S/C32H35FN2O2/c33-26-10-6-23(7-11-26)21-31(22-34-29-20-28(29)24-4-2-1-3-5-24)16-18-35(19-17-31)27-12-8-25(9-13-27)32(14-15-32)30(36)37/h1-13,28-29,34H,14-22H2,(H,36,37)/t28?,29-/m1/s1. The Hall–Kier alpha value is -3.18. The summed E-state index contributed by atoms with van der Waals surface area (Å²) in [5.74, 6) is -0.293. The molecule has 2 atom stereocenters. The molecule has 3 aromatic rings. The number of nitrogens with one attached hydrogen (secondary N) is 1. The molecule has 6 rings (SSSR count). The van der Waals surface area contributed by atoms with E-state index in [0.29, 0.717) is 12.0 Å². The highest BCUT2D eigenvalue weighted by atomic mass is 19.1. The number of aliphatic carboxylic acids is 1. The van der Waals surface area contributed by atoms with Gasteiger partial charge in [-0.3, -0.25) is 4.79 Å². The average molecular weight is 499 g/mol. The molecule has 1 unspecified atom stereocenters. The molecule has 0 spiro atoms. The molecule has 0 radical (unpaired) electrons. The van der Waals surface area contributed by atoms with E-state index in [1.165, 1.54) is 23.2 Å². The van der Waals surface area contributed by atoms with Gasteiger partial charge in [-0.15, -0.1) is 0 Å². The minimum atomic E-state index is -0.707. The number of piperidine rings is 1. The summed E-state index contributed by atoms with van der Waals surface area (Å²) < 4.78 is 13.6. The van der Waals surface area contributed by atoms with Gasteiger partial charge >= 0.3 is 5.97 Å². The summed E-state index contributed by atoms with van der Waals surface area (Å²) in [6.45, 7) is 2.88. The maximum Gasteiger partial charge on any atom is 0.314 e. The first-order chi connectivity index (χ1) is 18.0. The normalized spacial score (nSPS) is 23.4. The van der Waals surface area contributed by atoms with Crippen molar-refractivity contribution >= 4 is 11.7 Å². The van der Waals surface area contributed by atoms with E-state index in [4.69, 9.17) is 0 Å². The summed E-state index contributed by atoms with van der Waals surface area (Å²) in [6, 6.07) is 26.5. The second kappa shape index (κ2) is 9.60. The van der Waals surface area contributed by atoms with E-state index in [9.17, 15) is 14.3 Å². The van der Waals surface area contributed by atoms with Gasteiger partial charge in [0, 0.05) is 37.3 Å². The molecular weight excluding hydrogens is 463 g/mol. The molecular formula is C32H35FN2O2. The van der Waals surface area contributed by atoms with Crippen molar-refractivity contribution in [3.63, 3.8) is 0 Å². The second-order valence-electron chi connectivity index (χ2n) is 11.5. The number of rotatable bonds is 9. The van der Waals surface area contributed by atoms with Crippen molar-refractivity contribution in [3.8, 4) is 0 Å². The van der Waals surface area contributed by atoms with Crippen molar-refractivity contribution in [2.75, 3.05) is 24.5 Å². The molecule has 2 saturated carbocycles. The van der Waals surface area contributed by atoms with Crippen LogP contribution in [0.25, 0.3) is 0 Å². The van der Waals surface area contributed by atoms with Crippen LogP contribution in [0, 0.1) is 11.2 Å². The van der Waals surface area contributed by atoms with E-state index in [0.717, 1.165) is 57.3 Å². The van der Waals surface area contributed by atoms with Gasteiger partial charge in [0.15, 0.2) is 0 Å². The van der Waals surface area contributed by atoms with E-state index in [1.54, 1.807) is 12.1 Å². The third-order valence-electron chi connectivity index (χ3n) is 9.02. The highest BCUT2D eigenvalue weighted by Crippen LogP contribution is 2.49. The van der Waals surface area contributed by atoms with Crippen LogP contribution in [-0.4, -0.2) is 36.8 Å². The highest BCUT2D eigenvalue weighted by Gasteiger charge is 2.51. The number of hydrogen-bond donors (Lipinski definition) is 2. The topological polar surface area (TPSA) is 52.6 Å². The number of carbonyl (C=O) groups is 1. The molecule has 37 heavy (non-hydrogen) atoms. The van der Waals surface area contributed by atoms with Gasteiger partial charge in [-0.2, -0.15) is 0 Å². The molecule has 1 heterocycles. The average Bonchev–Trinajstić information content (AvgIpc) is 3.85. The minimum Gasteiger partial charge on any atom is -0.481 e. The van der Waals surface area contributed by atoms with Gasteiger partial charge in [0.25, 0.3) is 0 Å². The molecule has 0 bridgehead atoms. The number of halogens is 1. The first kappa shape index (κ1) is 24.2. The van der Waals surface area contributed by atoms with E-state index in [-0.39, 0.29) is 11.2 Å². The Balaban J connectivity index is 1.13. The van der Waals surface area contributed by atoms with Gasteiger partial charge in [0.1, 0.15) is 5.82 Å². The van der Waals surface area contributed by atoms with Crippen LogP contribution in [0.4, 0.5) is 10.1 Å². The largest absolute Gasteiger partial charge is 0.481 e. The third kappa shape index (κ3) is 5.02. The Bertz CT molecular complexity index is 1230. The van der Waals surface area contributed by atoms with Crippen LogP contribution in [0.5, 0.6) is 0 Å². The monoisotopic (exact) mass is 498 g/mol. The molecule has 5 heteroatoms. The Labute approximate surface area is 218 Å². The maximum absolute atomic E-state index is 13.6. The molecule has 4 nitrogen and oxygen atoms in total. The van der Waals surface area contributed by atoms with Gasteiger partial charge in [0.2, 0.25) is 0 Å². The molecule has 0 aromatic heterocycles. The van der Waals surface area contributed by atoms with Crippen LogP contribution in [0.2, 0.25) is 0 Å². The zero-order valence-corrected chi connectivity index (χ0v) is 21.2. The van der Waals surface area contributed by atoms with E-state index < -0.39 is 11.4 Å². The summed E-state index contributed by atoms with van der Waals surface area (Å²) in [5.41, 5.74) is 4.17. The molecule has 2 aliphatic carbocycles. The molecule has 2 N–H and O–H groups in total. The van der Waals surface area contributed by atoms with Crippen LogP contribution in [-0.2, 0) is 16.6 Å².